The van der Waals surface area contributed by atoms with Crippen molar-refractivity contribution in [3.05, 3.63) is 23.4 Å². The highest BCUT2D eigenvalue weighted by Gasteiger charge is 2.25. The van der Waals surface area contributed by atoms with Crippen LogP contribution in [-0.2, 0) is 9.53 Å². The average molecular weight is 524 g/mol. The van der Waals surface area contributed by atoms with Gasteiger partial charge in [0.25, 0.3) is 0 Å². The summed E-state index contributed by atoms with van der Waals surface area (Å²) >= 11 is 6.26. The number of aromatic nitrogens is 1. The van der Waals surface area contributed by atoms with E-state index in [2.05, 4.69) is 37.2 Å². The molecule has 0 radical (unpaired) electrons. The van der Waals surface area contributed by atoms with Gasteiger partial charge in [0.15, 0.2) is 5.96 Å². The van der Waals surface area contributed by atoms with Crippen LogP contribution in [0.4, 0.5) is 5.82 Å². The lowest BCUT2D eigenvalue weighted by Crippen LogP contribution is -2.44. The molecule has 0 bridgehead atoms. The van der Waals surface area contributed by atoms with Gasteiger partial charge in [0, 0.05) is 44.8 Å². The third-order valence-corrected chi connectivity index (χ3v) is 4.74. The molecule has 1 aliphatic rings. The number of carbonyl (C=O) groups is 1. The molecule has 158 valence electrons. The molecule has 28 heavy (non-hydrogen) atoms. The first-order chi connectivity index (χ1) is 13.1. The molecule has 1 aromatic heterocycles. The van der Waals surface area contributed by atoms with Crippen molar-refractivity contribution in [2.75, 3.05) is 38.2 Å². The Labute approximate surface area is 189 Å². The van der Waals surface area contributed by atoms with E-state index in [0.29, 0.717) is 17.5 Å². The number of ether oxygens (including phenoxy) is 1. The summed E-state index contributed by atoms with van der Waals surface area (Å²) in [4.78, 5) is 22.3. The number of esters is 1. The third kappa shape index (κ3) is 8.38. The van der Waals surface area contributed by atoms with Gasteiger partial charge < -0.3 is 20.3 Å². The minimum Gasteiger partial charge on any atom is -0.469 e. The molecule has 0 aromatic carbocycles. The summed E-state index contributed by atoms with van der Waals surface area (Å²) in [5.74, 6) is 1.53. The first-order valence-electron chi connectivity index (χ1n) is 9.61. The van der Waals surface area contributed by atoms with Crippen molar-refractivity contribution in [2.24, 2.45) is 4.99 Å². The monoisotopic (exact) mass is 523 g/mol. The van der Waals surface area contributed by atoms with Gasteiger partial charge in [0.05, 0.1) is 12.1 Å². The summed E-state index contributed by atoms with van der Waals surface area (Å²) in [7, 11) is 1.42. The number of hydrogen-bond donors (Lipinski definition) is 2. The predicted molar refractivity (Wildman–Crippen MR) is 125 cm³/mol. The van der Waals surface area contributed by atoms with Crippen LogP contribution in [-0.4, -0.2) is 56.2 Å². The van der Waals surface area contributed by atoms with Crippen LogP contribution in [0.2, 0.25) is 5.02 Å². The Kier molecular flexibility index (Phi) is 12.2. The maximum absolute atomic E-state index is 11.1. The number of nitrogens with zero attached hydrogens (tertiary/aromatic N) is 3. The standard InChI is InChI=1S/C19H30ClN5O2.HI/c1-3-21-19(23-11-6-4-5-9-17(26)27-2)24-15-10-13-25(14-15)18-16(20)8-7-12-22-18;/h7-8,12,15H,3-6,9-11,13-14H2,1-2H3,(H2,21,23,24);1H. The lowest BCUT2D eigenvalue weighted by molar-refractivity contribution is -0.140. The van der Waals surface area contributed by atoms with E-state index < -0.39 is 0 Å². The molecule has 9 heteroatoms. The summed E-state index contributed by atoms with van der Waals surface area (Å²) < 4.78 is 4.65. The molecule has 2 heterocycles. The van der Waals surface area contributed by atoms with Crippen molar-refractivity contribution in [1.29, 1.82) is 0 Å². The zero-order valence-electron chi connectivity index (χ0n) is 16.6. The number of aliphatic imine (C=N–C) groups is 1. The van der Waals surface area contributed by atoms with Crippen LogP contribution in [0.25, 0.3) is 0 Å². The van der Waals surface area contributed by atoms with Crippen molar-refractivity contribution >= 4 is 53.3 Å². The molecule has 1 aliphatic heterocycles. The zero-order chi connectivity index (χ0) is 19.5. The van der Waals surface area contributed by atoms with Crippen LogP contribution in [0.5, 0.6) is 0 Å². The highest BCUT2D eigenvalue weighted by Crippen LogP contribution is 2.25. The smallest absolute Gasteiger partial charge is 0.305 e. The van der Waals surface area contributed by atoms with Gasteiger partial charge in [-0.15, -0.1) is 24.0 Å². The Hall–Kier alpha value is -1.29. The molecule has 0 saturated carbocycles. The molecule has 1 atom stereocenters. The number of guanidine groups is 1. The Morgan fingerprint density at radius 1 is 1.43 bits per heavy atom. The molecule has 0 amide bonds. The van der Waals surface area contributed by atoms with Crippen LogP contribution in [0.3, 0.4) is 0 Å². The molecule has 0 aliphatic carbocycles. The molecule has 2 N–H and O–H groups in total. The maximum atomic E-state index is 11.1. The summed E-state index contributed by atoms with van der Waals surface area (Å²) in [6, 6.07) is 4.02. The largest absolute Gasteiger partial charge is 0.469 e. The number of nitrogens with one attached hydrogen (secondary N) is 2. The van der Waals surface area contributed by atoms with E-state index in [-0.39, 0.29) is 29.9 Å². The summed E-state index contributed by atoms with van der Waals surface area (Å²) in [6.07, 6.45) is 6.02. The highest BCUT2D eigenvalue weighted by atomic mass is 127. The van der Waals surface area contributed by atoms with E-state index >= 15 is 0 Å². The molecular formula is C19H31ClIN5O2. The summed E-state index contributed by atoms with van der Waals surface area (Å²) in [5.41, 5.74) is 0. The van der Waals surface area contributed by atoms with E-state index in [1.54, 1.807) is 6.20 Å². The summed E-state index contributed by atoms with van der Waals surface area (Å²) in [6.45, 7) is 5.37. The van der Waals surface area contributed by atoms with E-state index in [1.807, 2.05) is 12.1 Å². The van der Waals surface area contributed by atoms with Gasteiger partial charge in [0.2, 0.25) is 0 Å². The number of unbranched alkanes of at least 4 members (excludes halogenated alkanes) is 2. The molecule has 7 nitrogen and oxygen atoms in total. The van der Waals surface area contributed by atoms with E-state index in [4.69, 9.17) is 11.6 Å². The van der Waals surface area contributed by atoms with Crippen LogP contribution in [0, 0.1) is 0 Å². The molecule has 1 saturated heterocycles. The van der Waals surface area contributed by atoms with E-state index in [9.17, 15) is 4.79 Å². The van der Waals surface area contributed by atoms with Gasteiger partial charge >= 0.3 is 5.97 Å². The number of carbonyl (C=O) groups excluding carboxylic acids is 1. The topological polar surface area (TPSA) is 78.8 Å². The Morgan fingerprint density at radius 2 is 2.25 bits per heavy atom. The minimum atomic E-state index is -0.146. The number of rotatable bonds is 9. The number of anilines is 1. The van der Waals surface area contributed by atoms with Gasteiger partial charge in [-0.3, -0.25) is 9.79 Å². The van der Waals surface area contributed by atoms with Crippen LogP contribution in [0.1, 0.15) is 39.0 Å². The maximum Gasteiger partial charge on any atom is 0.305 e. The SMILES string of the molecule is CCNC(=NCCCCCC(=O)OC)NC1CCN(c2ncccc2Cl)C1.I. The van der Waals surface area contributed by atoms with Gasteiger partial charge in [-0.25, -0.2) is 4.98 Å². The zero-order valence-corrected chi connectivity index (χ0v) is 19.7. The van der Waals surface area contributed by atoms with Crippen molar-refractivity contribution < 1.29 is 9.53 Å². The Balaban J connectivity index is 0.00000392. The van der Waals surface area contributed by atoms with Crippen molar-refractivity contribution in [1.82, 2.24) is 15.6 Å². The van der Waals surface area contributed by atoms with Gasteiger partial charge in [-0.05, 0) is 38.3 Å². The summed E-state index contributed by atoms with van der Waals surface area (Å²) in [5, 5.41) is 7.49. The normalized spacial score (nSPS) is 16.5. The first-order valence-corrected chi connectivity index (χ1v) is 9.99. The van der Waals surface area contributed by atoms with Crippen molar-refractivity contribution in [3.63, 3.8) is 0 Å². The van der Waals surface area contributed by atoms with Gasteiger partial charge in [-0.1, -0.05) is 18.0 Å². The van der Waals surface area contributed by atoms with Gasteiger partial charge in [0.1, 0.15) is 5.82 Å². The molecule has 1 aromatic rings. The lowest BCUT2D eigenvalue weighted by atomic mass is 10.2. The predicted octanol–water partition coefficient (Wildman–Crippen LogP) is 3.22. The Morgan fingerprint density at radius 3 is 2.96 bits per heavy atom. The van der Waals surface area contributed by atoms with Crippen LogP contribution >= 0.6 is 35.6 Å². The second-order valence-electron chi connectivity index (χ2n) is 6.53. The van der Waals surface area contributed by atoms with E-state index in [0.717, 1.165) is 63.6 Å². The van der Waals surface area contributed by atoms with Gasteiger partial charge in [-0.2, -0.15) is 0 Å². The lowest BCUT2D eigenvalue weighted by Gasteiger charge is -2.20. The van der Waals surface area contributed by atoms with Crippen LogP contribution < -0.4 is 15.5 Å². The number of pyridine rings is 1. The van der Waals surface area contributed by atoms with Crippen LogP contribution in [0.15, 0.2) is 23.3 Å². The quantitative estimate of drug-likeness (QED) is 0.170. The second kappa shape index (κ2) is 13.8. The molecular weight excluding hydrogens is 493 g/mol. The molecule has 1 unspecified atom stereocenters. The minimum absolute atomic E-state index is 0. The molecule has 2 rings (SSSR count). The first kappa shape index (κ1) is 24.7. The number of halogens is 2. The average Bonchev–Trinajstić information content (AvgIpc) is 3.13. The Bertz CT molecular complexity index is 632. The highest BCUT2D eigenvalue weighted by molar-refractivity contribution is 14.0. The molecule has 1 fully saturated rings. The fourth-order valence-corrected chi connectivity index (χ4v) is 3.29. The van der Waals surface area contributed by atoms with E-state index in [1.165, 1.54) is 7.11 Å². The van der Waals surface area contributed by atoms with Crippen molar-refractivity contribution in [2.45, 2.75) is 45.1 Å². The molecule has 0 spiro atoms. The number of methoxy groups -OCH3 is 1. The fourth-order valence-electron chi connectivity index (χ4n) is 3.04. The third-order valence-electron chi connectivity index (χ3n) is 4.45. The number of hydrogen-bond acceptors (Lipinski definition) is 5. The van der Waals surface area contributed by atoms with Crippen molar-refractivity contribution in [3.8, 4) is 0 Å². The fraction of sp³-hybridized carbons (Fsp3) is 0.632. The second-order valence-corrected chi connectivity index (χ2v) is 6.94.